The van der Waals surface area contributed by atoms with E-state index in [9.17, 15) is 18.4 Å². The van der Waals surface area contributed by atoms with Crippen molar-refractivity contribution < 1.29 is 18.4 Å². The molecule has 2 aromatic carbocycles. The second-order valence-corrected chi connectivity index (χ2v) is 7.15. The smallest absolute Gasteiger partial charge is 0.260 e. The number of carbonyl (C=O) groups excluding carboxylic acids is 2. The average molecular weight is 397 g/mol. The molecule has 0 unspecified atom stereocenters. The second-order valence-electron chi connectivity index (χ2n) is 6.12. The normalized spacial score (nSPS) is 12.8. The minimum atomic E-state index is -0.782. The van der Waals surface area contributed by atoms with Gasteiger partial charge in [-0.15, -0.1) is 0 Å². The van der Waals surface area contributed by atoms with Gasteiger partial charge in [0.2, 0.25) is 0 Å². The number of benzene rings is 2. The van der Waals surface area contributed by atoms with E-state index in [2.05, 4.69) is 10.3 Å². The molecule has 0 fully saturated rings. The van der Waals surface area contributed by atoms with Crippen LogP contribution in [0, 0.1) is 11.6 Å². The lowest BCUT2D eigenvalue weighted by molar-refractivity contribution is 0.0988. The van der Waals surface area contributed by atoms with Crippen molar-refractivity contribution in [1.29, 1.82) is 0 Å². The van der Waals surface area contributed by atoms with E-state index in [-0.39, 0.29) is 17.2 Å². The van der Waals surface area contributed by atoms with Gasteiger partial charge in [-0.1, -0.05) is 11.8 Å². The zero-order valence-corrected chi connectivity index (χ0v) is 15.4. The molecule has 0 radical (unpaired) electrons. The Morgan fingerprint density at radius 1 is 1.11 bits per heavy atom. The molecule has 0 bridgehead atoms. The number of aromatic nitrogens is 1. The Labute approximate surface area is 163 Å². The van der Waals surface area contributed by atoms with Crippen molar-refractivity contribution in [2.24, 2.45) is 0 Å². The van der Waals surface area contributed by atoms with E-state index >= 15 is 0 Å². The Balaban J connectivity index is 1.68. The van der Waals surface area contributed by atoms with Crippen molar-refractivity contribution in [3.05, 3.63) is 77.5 Å². The Hall–Kier alpha value is -3.26. The van der Waals surface area contributed by atoms with Crippen LogP contribution >= 0.6 is 11.8 Å². The summed E-state index contributed by atoms with van der Waals surface area (Å²) in [6.07, 6.45) is 1.60. The zero-order chi connectivity index (χ0) is 19.8. The average Bonchev–Trinajstić information content (AvgIpc) is 2.76. The molecule has 28 heavy (non-hydrogen) atoms. The molecule has 1 N–H and O–H groups in total. The maximum Gasteiger partial charge on any atom is 0.260 e. The van der Waals surface area contributed by atoms with Gasteiger partial charge < -0.3 is 10.2 Å². The Bertz CT molecular complexity index is 1100. The van der Waals surface area contributed by atoms with E-state index in [0.29, 0.717) is 21.2 Å². The summed E-state index contributed by atoms with van der Waals surface area (Å²) in [6.45, 7) is 0. The molecule has 1 aliphatic rings. The van der Waals surface area contributed by atoms with E-state index in [1.165, 1.54) is 16.7 Å². The number of hydrogen-bond donors (Lipinski definition) is 1. The standard InChI is InChI=1S/C20H13F2N3O2S/c1-25-16-5-4-11(18(26)24-14-9-12(21)8-13(22)10-14)7-17(16)28-19-15(20(25)27)3-2-6-23-19/h2-10H,1H3,(H,24,26). The molecular formula is C20H13F2N3O2S. The van der Waals surface area contributed by atoms with Crippen LogP contribution in [0.1, 0.15) is 20.7 Å². The minimum Gasteiger partial charge on any atom is -0.322 e. The molecule has 2 amide bonds. The van der Waals surface area contributed by atoms with Gasteiger partial charge in [-0.2, -0.15) is 0 Å². The molecule has 0 aliphatic carbocycles. The quantitative estimate of drug-likeness (QED) is 0.698. The number of hydrogen-bond acceptors (Lipinski definition) is 4. The summed E-state index contributed by atoms with van der Waals surface area (Å²) in [5.74, 6) is -2.28. The summed E-state index contributed by atoms with van der Waals surface area (Å²) in [6, 6.07) is 11.0. The van der Waals surface area contributed by atoms with Crippen LogP contribution in [0.5, 0.6) is 0 Å². The third-order valence-corrected chi connectivity index (χ3v) is 5.28. The molecule has 3 aromatic rings. The van der Waals surface area contributed by atoms with Crippen LogP contribution in [0.2, 0.25) is 0 Å². The molecule has 0 saturated heterocycles. The van der Waals surface area contributed by atoms with Crippen molar-refractivity contribution in [2.75, 3.05) is 17.3 Å². The van der Waals surface area contributed by atoms with Crippen LogP contribution in [-0.4, -0.2) is 23.8 Å². The van der Waals surface area contributed by atoms with Crippen molar-refractivity contribution >= 4 is 35.0 Å². The highest BCUT2D eigenvalue weighted by molar-refractivity contribution is 7.99. The molecule has 0 atom stereocenters. The fourth-order valence-electron chi connectivity index (χ4n) is 2.87. The fourth-order valence-corrected chi connectivity index (χ4v) is 3.96. The maximum absolute atomic E-state index is 13.3. The Morgan fingerprint density at radius 3 is 2.61 bits per heavy atom. The monoisotopic (exact) mass is 397 g/mol. The largest absolute Gasteiger partial charge is 0.322 e. The van der Waals surface area contributed by atoms with Crippen LogP contribution in [0.25, 0.3) is 0 Å². The molecule has 2 heterocycles. The van der Waals surface area contributed by atoms with Gasteiger partial charge >= 0.3 is 0 Å². The van der Waals surface area contributed by atoms with Crippen molar-refractivity contribution in [3.63, 3.8) is 0 Å². The van der Waals surface area contributed by atoms with Gasteiger partial charge in [0.05, 0.1) is 11.3 Å². The number of carbonyl (C=O) groups is 2. The first-order valence-electron chi connectivity index (χ1n) is 8.25. The van der Waals surface area contributed by atoms with Gasteiger partial charge in [-0.3, -0.25) is 9.59 Å². The number of nitrogens with zero attached hydrogens (tertiary/aromatic N) is 2. The number of pyridine rings is 1. The molecule has 1 aliphatic heterocycles. The number of fused-ring (bicyclic) bond motifs is 2. The van der Waals surface area contributed by atoms with Gasteiger partial charge in [-0.05, 0) is 42.5 Å². The van der Waals surface area contributed by atoms with Crippen molar-refractivity contribution in [3.8, 4) is 0 Å². The van der Waals surface area contributed by atoms with Crippen molar-refractivity contribution in [2.45, 2.75) is 9.92 Å². The summed E-state index contributed by atoms with van der Waals surface area (Å²) < 4.78 is 26.7. The lowest BCUT2D eigenvalue weighted by Gasteiger charge is -2.17. The highest BCUT2D eigenvalue weighted by atomic mass is 32.2. The predicted molar refractivity (Wildman–Crippen MR) is 102 cm³/mol. The van der Waals surface area contributed by atoms with Gasteiger partial charge in [-0.25, -0.2) is 13.8 Å². The molecule has 0 spiro atoms. The Morgan fingerprint density at radius 2 is 1.86 bits per heavy atom. The lowest BCUT2D eigenvalue weighted by Crippen LogP contribution is -2.26. The number of halogens is 2. The zero-order valence-electron chi connectivity index (χ0n) is 14.6. The fraction of sp³-hybridized carbons (Fsp3) is 0.0500. The van der Waals surface area contributed by atoms with E-state index in [1.54, 1.807) is 43.6 Å². The molecule has 140 valence electrons. The first kappa shape index (κ1) is 18.1. The molecule has 8 heteroatoms. The van der Waals surface area contributed by atoms with Gasteiger partial charge in [0.25, 0.3) is 11.8 Å². The molecular weight excluding hydrogens is 384 g/mol. The number of rotatable bonds is 2. The molecule has 5 nitrogen and oxygen atoms in total. The summed E-state index contributed by atoms with van der Waals surface area (Å²) in [7, 11) is 1.65. The van der Waals surface area contributed by atoms with Gasteiger partial charge in [0, 0.05) is 35.5 Å². The molecule has 4 rings (SSSR count). The SMILES string of the molecule is CN1C(=O)c2cccnc2Sc2cc(C(=O)Nc3cc(F)cc(F)c3)ccc21. The number of anilines is 2. The number of amides is 2. The highest BCUT2D eigenvalue weighted by Crippen LogP contribution is 2.40. The first-order chi connectivity index (χ1) is 13.4. The van der Waals surface area contributed by atoms with E-state index in [4.69, 9.17) is 0 Å². The van der Waals surface area contributed by atoms with Crippen LogP contribution in [-0.2, 0) is 0 Å². The summed E-state index contributed by atoms with van der Waals surface area (Å²) in [4.78, 5) is 31.6. The maximum atomic E-state index is 13.3. The lowest BCUT2D eigenvalue weighted by atomic mass is 10.1. The highest BCUT2D eigenvalue weighted by Gasteiger charge is 2.26. The summed E-state index contributed by atoms with van der Waals surface area (Å²) in [5.41, 5.74) is 1.43. The van der Waals surface area contributed by atoms with Gasteiger partial charge in [0.15, 0.2) is 0 Å². The van der Waals surface area contributed by atoms with E-state index < -0.39 is 17.5 Å². The van der Waals surface area contributed by atoms with Crippen LogP contribution < -0.4 is 10.2 Å². The van der Waals surface area contributed by atoms with Crippen molar-refractivity contribution in [1.82, 2.24) is 4.98 Å². The minimum absolute atomic E-state index is 0.0180. The molecule has 0 saturated carbocycles. The van der Waals surface area contributed by atoms with Crippen LogP contribution in [0.4, 0.5) is 20.2 Å². The van der Waals surface area contributed by atoms with Gasteiger partial charge in [0.1, 0.15) is 16.7 Å². The molecule has 1 aromatic heterocycles. The van der Waals surface area contributed by atoms with Crippen LogP contribution in [0.15, 0.2) is 64.6 Å². The van der Waals surface area contributed by atoms with E-state index in [1.807, 2.05) is 0 Å². The third kappa shape index (κ3) is 3.34. The topological polar surface area (TPSA) is 62.3 Å². The Kier molecular flexibility index (Phi) is 4.56. The summed E-state index contributed by atoms with van der Waals surface area (Å²) >= 11 is 1.28. The van der Waals surface area contributed by atoms with E-state index in [0.717, 1.165) is 18.2 Å². The third-order valence-electron chi connectivity index (χ3n) is 4.22. The van der Waals surface area contributed by atoms with Crippen LogP contribution in [0.3, 0.4) is 0 Å². The second kappa shape index (κ2) is 7.05. The summed E-state index contributed by atoms with van der Waals surface area (Å²) in [5, 5.41) is 3.02. The number of nitrogens with one attached hydrogen (secondary N) is 1. The predicted octanol–water partition coefficient (Wildman–Crippen LogP) is 4.35. The first-order valence-corrected chi connectivity index (χ1v) is 9.06.